The van der Waals surface area contributed by atoms with E-state index in [-0.39, 0.29) is 12.1 Å². The van der Waals surface area contributed by atoms with Crippen LogP contribution in [-0.4, -0.2) is 28.3 Å². The lowest BCUT2D eigenvalue weighted by molar-refractivity contribution is -0.192. The first-order valence-electron chi connectivity index (χ1n) is 10.7. The van der Waals surface area contributed by atoms with Crippen molar-refractivity contribution in [1.82, 2.24) is 15.6 Å². The van der Waals surface area contributed by atoms with Gasteiger partial charge in [-0.2, -0.15) is 39.5 Å². The average molecular weight is 646 g/mol. The van der Waals surface area contributed by atoms with E-state index in [1.54, 1.807) is 24.3 Å². The van der Waals surface area contributed by atoms with Gasteiger partial charge in [-0.15, -0.1) is 0 Å². The maximum atomic E-state index is 13.6. The fraction of sp³-hybridized carbons (Fsp3) is 0.208. The number of nitrogens with one attached hydrogen (secondary N) is 2. The number of carbonyl (C=O) groups is 2. The van der Waals surface area contributed by atoms with Gasteiger partial charge in [-0.1, -0.05) is 40.2 Å². The molecular formula is C24H17BrF9N3O3. The number of hydrogen-bond donors (Lipinski definition) is 3. The molecule has 1 atom stereocenters. The topological polar surface area (TPSA) is 91.3 Å². The molecule has 0 radical (unpaired) electrons. The van der Waals surface area contributed by atoms with E-state index in [1.807, 2.05) is 0 Å². The molecule has 0 spiro atoms. The predicted octanol–water partition coefficient (Wildman–Crippen LogP) is 7.10. The number of rotatable bonds is 5. The summed E-state index contributed by atoms with van der Waals surface area (Å²) in [6, 6.07) is 10.1. The fourth-order valence-corrected chi connectivity index (χ4v) is 3.29. The minimum atomic E-state index is -5.08. The van der Waals surface area contributed by atoms with Crippen molar-refractivity contribution in [3.63, 3.8) is 0 Å². The second-order valence-electron chi connectivity index (χ2n) is 7.74. The number of urea groups is 1. The van der Waals surface area contributed by atoms with E-state index in [2.05, 4.69) is 31.5 Å². The molecule has 3 rings (SSSR count). The number of pyridine rings is 1. The molecule has 0 bridgehead atoms. The van der Waals surface area contributed by atoms with Gasteiger partial charge < -0.3 is 15.7 Å². The number of hydrogen-bond acceptors (Lipinski definition) is 3. The second kappa shape index (κ2) is 13.0. The normalized spacial score (nSPS) is 12.6. The molecule has 3 N–H and O–H groups in total. The molecule has 216 valence electrons. The first-order valence-corrected chi connectivity index (χ1v) is 11.5. The van der Waals surface area contributed by atoms with Crippen LogP contribution in [0.1, 0.15) is 34.0 Å². The van der Waals surface area contributed by atoms with Gasteiger partial charge >= 0.3 is 30.5 Å². The lowest BCUT2D eigenvalue weighted by Gasteiger charge is -2.23. The van der Waals surface area contributed by atoms with E-state index in [1.165, 1.54) is 0 Å². The highest BCUT2D eigenvalue weighted by Crippen LogP contribution is 2.36. The van der Waals surface area contributed by atoms with Gasteiger partial charge in [0, 0.05) is 17.2 Å². The lowest BCUT2D eigenvalue weighted by atomic mass is 9.98. The highest BCUT2D eigenvalue weighted by atomic mass is 79.9. The first kappa shape index (κ1) is 32.4. The Bertz CT molecular complexity index is 1290. The Labute approximate surface area is 228 Å². The highest BCUT2D eigenvalue weighted by molar-refractivity contribution is 9.10. The zero-order valence-corrected chi connectivity index (χ0v) is 21.2. The third-order valence-corrected chi connectivity index (χ3v) is 5.40. The number of aromatic nitrogens is 1. The van der Waals surface area contributed by atoms with Crippen LogP contribution in [-0.2, 0) is 23.7 Å². The minimum absolute atomic E-state index is 0.00555. The molecular weight excluding hydrogens is 629 g/mol. The standard InChI is InChI=1S/C22H16BrF6N3O.C2HF3O2/c23-16-9-3-13(4-10-16)12-31-20(33)32-18(14-5-7-15(8-6-14)21(24,25)26)19-17(22(27,28)29)2-1-11-30-19;3-2(4,5)1(6)7/h1-11,18H,12H2,(H2,31,32,33);(H,6,7)/t18-;/m0./s1. The van der Waals surface area contributed by atoms with E-state index >= 15 is 0 Å². The Morgan fingerprint density at radius 2 is 1.40 bits per heavy atom. The number of alkyl halides is 9. The molecule has 6 nitrogen and oxygen atoms in total. The molecule has 3 aromatic rings. The summed E-state index contributed by atoms with van der Waals surface area (Å²) in [6.45, 7) is 0.0766. The van der Waals surface area contributed by atoms with Crippen molar-refractivity contribution >= 4 is 27.9 Å². The number of nitrogens with zero attached hydrogens (tertiary/aromatic N) is 1. The van der Waals surface area contributed by atoms with E-state index in [4.69, 9.17) is 9.90 Å². The summed E-state index contributed by atoms with van der Waals surface area (Å²) in [6.07, 6.45) is -13.4. The third kappa shape index (κ3) is 9.73. The average Bonchev–Trinajstić information content (AvgIpc) is 2.86. The Morgan fingerprint density at radius 3 is 1.88 bits per heavy atom. The zero-order chi connectivity index (χ0) is 30.3. The highest BCUT2D eigenvalue weighted by Gasteiger charge is 2.38. The summed E-state index contributed by atoms with van der Waals surface area (Å²) in [5, 5.41) is 12.1. The summed E-state index contributed by atoms with van der Waals surface area (Å²) >= 11 is 3.28. The van der Waals surface area contributed by atoms with E-state index in [0.717, 1.165) is 52.6 Å². The van der Waals surface area contributed by atoms with E-state index in [9.17, 15) is 44.3 Å². The first-order chi connectivity index (χ1) is 18.4. The zero-order valence-electron chi connectivity index (χ0n) is 19.6. The quantitative estimate of drug-likeness (QED) is 0.258. The lowest BCUT2D eigenvalue weighted by Crippen LogP contribution is -2.39. The predicted molar refractivity (Wildman–Crippen MR) is 126 cm³/mol. The van der Waals surface area contributed by atoms with Crippen molar-refractivity contribution in [3.05, 3.63) is 99.3 Å². The van der Waals surface area contributed by atoms with Crippen LogP contribution in [0.2, 0.25) is 0 Å². The van der Waals surface area contributed by atoms with Crippen LogP contribution in [0.3, 0.4) is 0 Å². The molecule has 1 heterocycles. The molecule has 16 heteroatoms. The molecule has 0 aliphatic rings. The summed E-state index contributed by atoms with van der Waals surface area (Å²) in [5.74, 6) is -2.76. The van der Waals surface area contributed by atoms with E-state index < -0.39 is 53.4 Å². The van der Waals surface area contributed by atoms with Gasteiger partial charge in [-0.3, -0.25) is 4.98 Å². The molecule has 1 aromatic heterocycles. The summed E-state index contributed by atoms with van der Waals surface area (Å²) in [5.41, 5.74) is -1.88. The number of carbonyl (C=O) groups excluding carboxylic acids is 1. The SMILES string of the molecule is O=C(NCc1ccc(Br)cc1)N[C@@H](c1ccc(C(F)(F)F)cc1)c1ncccc1C(F)(F)F.O=C(O)C(F)(F)F. The molecule has 2 amide bonds. The smallest absolute Gasteiger partial charge is 0.475 e. The fourth-order valence-electron chi connectivity index (χ4n) is 3.03. The van der Waals surface area contributed by atoms with Crippen LogP contribution in [0.25, 0.3) is 0 Å². The van der Waals surface area contributed by atoms with Gasteiger partial charge in [-0.05, 0) is 47.5 Å². The van der Waals surface area contributed by atoms with Crippen molar-refractivity contribution in [2.45, 2.75) is 31.1 Å². The maximum Gasteiger partial charge on any atom is 0.490 e. The molecule has 0 aliphatic heterocycles. The van der Waals surface area contributed by atoms with Crippen LogP contribution in [0.5, 0.6) is 0 Å². The monoisotopic (exact) mass is 645 g/mol. The van der Waals surface area contributed by atoms with Crippen LogP contribution >= 0.6 is 15.9 Å². The summed E-state index contributed by atoms with van der Waals surface area (Å²) in [4.78, 5) is 25.2. The second-order valence-corrected chi connectivity index (χ2v) is 8.66. The van der Waals surface area contributed by atoms with Crippen molar-refractivity contribution in [3.8, 4) is 0 Å². The van der Waals surface area contributed by atoms with E-state index in [0.29, 0.717) is 0 Å². The van der Waals surface area contributed by atoms with Crippen molar-refractivity contribution in [2.75, 3.05) is 0 Å². The van der Waals surface area contributed by atoms with Gasteiger partial charge in [-0.25, -0.2) is 9.59 Å². The Morgan fingerprint density at radius 1 is 0.850 bits per heavy atom. The Kier molecular flexibility index (Phi) is 10.5. The number of carboxylic acid groups (broad SMARTS) is 1. The van der Waals surface area contributed by atoms with Gasteiger partial charge in [0.15, 0.2) is 0 Å². The molecule has 0 saturated heterocycles. The number of halogens is 10. The number of amides is 2. The molecule has 0 unspecified atom stereocenters. The van der Waals surface area contributed by atoms with Crippen LogP contribution in [0.4, 0.5) is 44.3 Å². The minimum Gasteiger partial charge on any atom is -0.475 e. The summed E-state index contributed by atoms with van der Waals surface area (Å²) < 4.78 is 112. The Balaban J connectivity index is 0.000000708. The van der Waals surface area contributed by atoms with Crippen LogP contribution < -0.4 is 10.6 Å². The maximum absolute atomic E-state index is 13.6. The van der Waals surface area contributed by atoms with Gasteiger partial charge in [0.05, 0.1) is 22.9 Å². The molecule has 40 heavy (non-hydrogen) atoms. The summed E-state index contributed by atoms with van der Waals surface area (Å²) in [7, 11) is 0. The molecule has 0 aliphatic carbocycles. The van der Waals surface area contributed by atoms with Gasteiger partial charge in [0.25, 0.3) is 0 Å². The van der Waals surface area contributed by atoms with Gasteiger partial charge in [0.1, 0.15) is 0 Å². The van der Waals surface area contributed by atoms with Crippen molar-refractivity contribution < 1.29 is 54.2 Å². The Hall–Kier alpha value is -3.82. The molecule has 0 fully saturated rings. The van der Waals surface area contributed by atoms with Crippen molar-refractivity contribution in [1.29, 1.82) is 0 Å². The van der Waals surface area contributed by atoms with Crippen LogP contribution in [0, 0.1) is 0 Å². The number of benzene rings is 2. The number of aliphatic carboxylic acids is 1. The van der Waals surface area contributed by atoms with Crippen LogP contribution in [0.15, 0.2) is 71.3 Å². The molecule has 0 saturated carbocycles. The number of carboxylic acids is 1. The van der Waals surface area contributed by atoms with Crippen molar-refractivity contribution in [2.24, 2.45) is 0 Å². The third-order valence-electron chi connectivity index (χ3n) is 4.87. The van der Waals surface area contributed by atoms with Gasteiger partial charge in [0.2, 0.25) is 0 Å². The molecule has 2 aromatic carbocycles. The largest absolute Gasteiger partial charge is 0.490 e.